The van der Waals surface area contributed by atoms with Crippen molar-refractivity contribution in [3.05, 3.63) is 54.1 Å². The van der Waals surface area contributed by atoms with E-state index in [1.54, 1.807) is 25.4 Å². The van der Waals surface area contributed by atoms with Crippen LogP contribution in [-0.2, 0) is 11.3 Å². The number of aromatic nitrogens is 3. The first kappa shape index (κ1) is 17.1. The van der Waals surface area contributed by atoms with Gasteiger partial charge in [-0.2, -0.15) is 0 Å². The molecule has 0 aliphatic carbocycles. The molecule has 0 bridgehead atoms. The number of rotatable bonds is 6. The van der Waals surface area contributed by atoms with Gasteiger partial charge in [-0.15, -0.1) is 0 Å². The number of benzene rings is 1. The monoisotopic (exact) mass is 339 g/mol. The summed E-state index contributed by atoms with van der Waals surface area (Å²) in [5.74, 6) is 0.418. The van der Waals surface area contributed by atoms with Crippen molar-refractivity contribution in [2.75, 3.05) is 18.9 Å². The summed E-state index contributed by atoms with van der Waals surface area (Å²) in [4.78, 5) is 25.5. The third-order valence-electron chi connectivity index (χ3n) is 3.80. The highest BCUT2D eigenvalue weighted by molar-refractivity contribution is 5.94. The Labute approximate surface area is 145 Å². The van der Waals surface area contributed by atoms with Crippen molar-refractivity contribution in [2.24, 2.45) is 0 Å². The number of anilines is 1. The second-order valence-corrected chi connectivity index (χ2v) is 6.11. The summed E-state index contributed by atoms with van der Waals surface area (Å²) >= 11 is 0. The van der Waals surface area contributed by atoms with Gasteiger partial charge in [0, 0.05) is 24.6 Å². The molecular formula is C18H21N5O2. The Hall–Kier alpha value is -2.77. The van der Waals surface area contributed by atoms with Crippen molar-refractivity contribution < 1.29 is 9.90 Å². The molecule has 7 heteroatoms. The van der Waals surface area contributed by atoms with Crippen LogP contribution in [-0.4, -0.2) is 44.5 Å². The Balaban J connectivity index is 1.61. The van der Waals surface area contributed by atoms with E-state index in [4.69, 9.17) is 0 Å². The summed E-state index contributed by atoms with van der Waals surface area (Å²) in [5.41, 5.74) is 3.33. The number of likely N-dealkylation sites (N-methyl/N-ethyl adjacent to an activating group) is 1. The number of fused-ring (bicyclic) bond motifs is 1. The van der Waals surface area contributed by atoms with Gasteiger partial charge in [-0.25, -0.2) is 4.98 Å². The van der Waals surface area contributed by atoms with E-state index >= 15 is 0 Å². The van der Waals surface area contributed by atoms with Gasteiger partial charge in [0.1, 0.15) is 11.9 Å². The number of aliphatic hydroxyl groups is 1. The molecular weight excluding hydrogens is 318 g/mol. The minimum atomic E-state index is -0.660. The van der Waals surface area contributed by atoms with Crippen molar-refractivity contribution in [1.82, 2.24) is 19.9 Å². The molecule has 2 aromatic heterocycles. The highest BCUT2D eigenvalue weighted by Crippen LogP contribution is 2.19. The van der Waals surface area contributed by atoms with Crippen LogP contribution in [0.15, 0.2) is 42.7 Å². The van der Waals surface area contributed by atoms with E-state index in [9.17, 15) is 9.90 Å². The molecule has 3 N–H and O–H groups in total. The molecule has 2 heterocycles. The normalized spacial score (nSPS) is 12.5. The second-order valence-electron chi connectivity index (χ2n) is 6.11. The lowest BCUT2D eigenvalue weighted by atomic mass is 10.2. The summed E-state index contributed by atoms with van der Waals surface area (Å²) in [6.07, 6.45) is 2.82. The van der Waals surface area contributed by atoms with Crippen molar-refractivity contribution in [1.29, 1.82) is 0 Å². The molecule has 130 valence electrons. The summed E-state index contributed by atoms with van der Waals surface area (Å²) in [6.45, 7) is 2.61. The van der Waals surface area contributed by atoms with Gasteiger partial charge in [0.2, 0.25) is 5.91 Å². The molecule has 0 fully saturated rings. The maximum absolute atomic E-state index is 12.2. The smallest absolute Gasteiger partial charge is 0.238 e. The van der Waals surface area contributed by atoms with Crippen LogP contribution in [0, 0.1) is 0 Å². The lowest BCUT2D eigenvalue weighted by Crippen LogP contribution is -2.29. The van der Waals surface area contributed by atoms with E-state index in [0.29, 0.717) is 18.1 Å². The van der Waals surface area contributed by atoms with Gasteiger partial charge in [-0.05, 0) is 49.9 Å². The van der Waals surface area contributed by atoms with Gasteiger partial charge in [0.25, 0.3) is 0 Å². The molecule has 0 aliphatic heterocycles. The summed E-state index contributed by atoms with van der Waals surface area (Å²) in [5, 5.41) is 12.5. The van der Waals surface area contributed by atoms with Crippen LogP contribution in [0.2, 0.25) is 0 Å². The Morgan fingerprint density at radius 2 is 2.08 bits per heavy atom. The van der Waals surface area contributed by atoms with Crippen LogP contribution in [0.1, 0.15) is 24.4 Å². The molecule has 0 saturated heterocycles. The molecule has 0 radical (unpaired) electrons. The number of hydrogen-bond acceptors (Lipinski definition) is 5. The van der Waals surface area contributed by atoms with Crippen molar-refractivity contribution in [2.45, 2.75) is 19.6 Å². The maximum Gasteiger partial charge on any atom is 0.238 e. The number of aromatic amines is 1. The van der Waals surface area contributed by atoms with Gasteiger partial charge in [-0.3, -0.25) is 14.7 Å². The number of pyridine rings is 1. The number of carbonyl (C=O) groups excluding carboxylic acids is 1. The number of carbonyl (C=O) groups is 1. The predicted molar refractivity (Wildman–Crippen MR) is 95.9 cm³/mol. The predicted octanol–water partition coefficient (Wildman–Crippen LogP) is 2.08. The standard InChI is InChI=1S/C18H21N5O2/c1-12(24)18-21-15-4-3-14(9-16(15)22-18)20-17(25)11-23(2)10-13-5-7-19-8-6-13/h3-9,12,24H,10-11H2,1-2H3,(H,20,25)(H,21,22). The number of aliphatic hydroxyl groups excluding tert-OH is 1. The molecule has 1 aromatic carbocycles. The van der Waals surface area contributed by atoms with Gasteiger partial charge >= 0.3 is 0 Å². The van der Waals surface area contributed by atoms with Gasteiger partial charge in [0.15, 0.2) is 0 Å². The number of amides is 1. The van der Waals surface area contributed by atoms with Crippen LogP contribution in [0.5, 0.6) is 0 Å². The molecule has 0 aliphatic rings. The van der Waals surface area contributed by atoms with E-state index in [-0.39, 0.29) is 12.5 Å². The Bertz CT molecular complexity index is 860. The third-order valence-corrected chi connectivity index (χ3v) is 3.80. The fourth-order valence-electron chi connectivity index (χ4n) is 2.61. The lowest BCUT2D eigenvalue weighted by Gasteiger charge is -2.16. The molecule has 7 nitrogen and oxygen atoms in total. The molecule has 3 rings (SSSR count). The van der Waals surface area contributed by atoms with E-state index in [1.165, 1.54) is 0 Å². The zero-order valence-corrected chi connectivity index (χ0v) is 14.2. The van der Waals surface area contributed by atoms with Crippen LogP contribution in [0.25, 0.3) is 11.0 Å². The summed E-state index contributed by atoms with van der Waals surface area (Å²) < 4.78 is 0. The fourth-order valence-corrected chi connectivity index (χ4v) is 2.61. The topological polar surface area (TPSA) is 94.1 Å². The minimum Gasteiger partial charge on any atom is -0.385 e. The minimum absolute atomic E-state index is 0.0915. The Kier molecular flexibility index (Phi) is 5.06. The Morgan fingerprint density at radius 1 is 1.32 bits per heavy atom. The van der Waals surface area contributed by atoms with Crippen LogP contribution < -0.4 is 5.32 Å². The first-order valence-corrected chi connectivity index (χ1v) is 8.06. The van der Waals surface area contributed by atoms with Crippen molar-refractivity contribution >= 4 is 22.6 Å². The molecule has 0 saturated carbocycles. The first-order chi connectivity index (χ1) is 12.0. The summed E-state index contributed by atoms with van der Waals surface area (Å²) in [6, 6.07) is 9.29. The SMILES string of the molecule is CC(O)c1nc2ccc(NC(=O)CN(C)Cc3ccncc3)cc2[nH]1. The second kappa shape index (κ2) is 7.42. The number of imidazole rings is 1. The zero-order chi connectivity index (χ0) is 17.8. The molecule has 1 unspecified atom stereocenters. The fraction of sp³-hybridized carbons (Fsp3) is 0.278. The zero-order valence-electron chi connectivity index (χ0n) is 14.2. The quantitative estimate of drug-likeness (QED) is 0.639. The van der Waals surface area contributed by atoms with Crippen LogP contribution >= 0.6 is 0 Å². The van der Waals surface area contributed by atoms with Gasteiger partial charge < -0.3 is 15.4 Å². The molecule has 3 aromatic rings. The number of hydrogen-bond donors (Lipinski definition) is 3. The number of nitrogens with zero attached hydrogens (tertiary/aromatic N) is 3. The average molecular weight is 339 g/mol. The van der Waals surface area contributed by atoms with Crippen molar-refractivity contribution in [3.63, 3.8) is 0 Å². The van der Waals surface area contributed by atoms with Crippen LogP contribution in [0.4, 0.5) is 5.69 Å². The Morgan fingerprint density at radius 3 is 2.80 bits per heavy atom. The number of nitrogens with one attached hydrogen (secondary N) is 2. The first-order valence-electron chi connectivity index (χ1n) is 8.06. The summed E-state index contributed by atoms with van der Waals surface area (Å²) in [7, 11) is 1.90. The molecule has 0 spiro atoms. The van der Waals surface area contributed by atoms with E-state index in [2.05, 4.69) is 20.3 Å². The molecule has 1 amide bonds. The average Bonchev–Trinajstić information content (AvgIpc) is 2.99. The largest absolute Gasteiger partial charge is 0.385 e. The third kappa shape index (κ3) is 4.40. The molecule has 1 atom stereocenters. The molecule has 25 heavy (non-hydrogen) atoms. The van der Waals surface area contributed by atoms with Gasteiger partial charge in [0.05, 0.1) is 17.6 Å². The highest BCUT2D eigenvalue weighted by Gasteiger charge is 2.10. The van der Waals surface area contributed by atoms with Crippen LogP contribution in [0.3, 0.4) is 0 Å². The highest BCUT2D eigenvalue weighted by atomic mass is 16.3. The van der Waals surface area contributed by atoms with Gasteiger partial charge in [-0.1, -0.05) is 0 Å². The van der Waals surface area contributed by atoms with E-state index in [0.717, 1.165) is 16.6 Å². The lowest BCUT2D eigenvalue weighted by molar-refractivity contribution is -0.117. The number of H-pyrrole nitrogens is 1. The van der Waals surface area contributed by atoms with E-state index < -0.39 is 6.10 Å². The maximum atomic E-state index is 12.2. The van der Waals surface area contributed by atoms with E-state index in [1.807, 2.05) is 36.2 Å². The van der Waals surface area contributed by atoms with Crippen molar-refractivity contribution in [3.8, 4) is 0 Å².